The number of nitrogens with one attached hydrogen (secondary N) is 1. The van der Waals surface area contributed by atoms with Gasteiger partial charge in [0.2, 0.25) is 0 Å². The zero-order valence-electron chi connectivity index (χ0n) is 8.87. The van der Waals surface area contributed by atoms with Gasteiger partial charge in [-0.1, -0.05) is 0 Å². The van der Waals surface area contributed by atoms with Crippen LogP contribution in [0.15, 0.2) is 21.9 Å². The van der Waals surface area contributed by atoms with E-state index in [1.54, 1.807) is 11.6 Å². The number of sulfonamides is 1. The Morgan fingerprint density at radius 1 is 1.53 bits per heavy atom. The number of aromatic nitrogens is 1. The minimum Gasteiger partial charge on any atom is -0.392 e. The van der Waals surface area contributed by atoms with Crippen LogP contribution in [0.3, 0.4) is 0 Å². The molecule has 5 nitrogen and oxygen atoms in total. The van der Waals surface area contributed by atoms with Gasteiger partial charge in [0.15, 0.2) is 5.13 Å². The van der Waals surface area contributed by atoms with Gasteiger partial charge in [0.25, 0.3) is 10.0 Å². The van der Waals surface area contributed by atoms with Gasteiger partial charge in [0, 0.05) is 11.1 Å². The van der Waals surface area contributed by atoms with E-state index in [4.69, 9.17) is 5.11 Å². The molecular formula is C9H10N2O3S3. The van der Waals surface area contributed by atoms with Crippen molar-refractivity contribution in [1.82, 2.24) is 4.98 Å². The van der Waals surface area contributed by atoms with E-state index in [-0.39, 0.29) is 10.8 Å². The molecule has 0 aliphatic heterocycles. The quantitative estimate of drug-likeness (QED) is 0.900. The van der Waals surface area contributed by atoms with Gasteiger partial charge in [0.05, 0.1) is 6.61 Å². The number of aryl methyl sites for hydroxylation is 1. The van der Waals surface area contributed by atoms with Crippen molar-refractivity contribution in [2.24, 2.45) is 0 Å². The molecule has 0 spiro atoms. The fourth-order valence-electron chi connectivity index (χ4n) is 1.14. The van der Waals surface area contributed by atoms with Crippen molar-refractivity contribution in [3.8, 4) is 0 Å². The summed E-state index contributed by atoms with van der Waals surface area (Å²) in [6, 6.07) is 1.45. The highest BCUT2D eigenvalue weighted by Crippen LogP contribution is 2.25. The van der Waals surface area contributed by atoms with Crippen molar-refractivity contribution < 1.29 is 13.5 Å². The average Bonchev–Trinajstić information content (AvgIpc) is 2.86. The topological polar surface area (TPSA) is 79.3 Å². The minimum absolute atomic E-state index is 0.164. The zero-order chi connectivity index (χ0) is 12.5. The van der Waals surface area contributed by atoms with E-state index >= 15 is 0 Å². The van der Waals surface area contributed by atoms with Crippen molar-refractivity contribution in [1.29, 1.82) is 0 Å². The maximum Gasteiger partial charge on any atom is 0.273 e. The molecule has 0 saturated heterocycles. The summed E-state index contributed by atoms with van der Waals surface area (Å²) in [5, 5.41) is 10.9. The van der Waals surface area contributed by atoms with Gasteiger partial charge in [-0.25, -0.2) is 13.4 Å². The van der Waals surface area contributed by atoms with Gasteiger partial charge in [-0.05, 0) is 23.9 Å². The van der Waals surface area contributed by atoms with Crippen molar-refractivity contribution in [2.75, 3.05) is 4.72 Å². The lowest BCUT2D eigenvalue weighted by Gasteiger charge is -2.01. The van der Waals surface area contributed by atoms with Crippen molar-refractivity contribution in [3.63, 3.8) is 0 Å². The second kappa shape index (κ2) is 4.73. The Morgan fingerprint density at radius 2 is 2.29 bits per heavy atom. The molecule has 8 heteroatoms. The molecule has 0 unspecified atom stereocenters. The summed E-state index contributed by atoms with van der Waals surface area (Å²) < 4.78 is 26.4. The van der Waals surface area contributed by atoms with Crippen LogP contribution < -0.4 is 4.72 Å². The van der Waals surface area contributed by atoms with Gasteiger partial charge >= 0.3 is 0 Å². The molecule has 2 heterocycles. The van der Waals surface area contributed by atoms with E-state index in [2.05, 4.69) is 9.71 Å². The highest BCUT2D eigenvalue weighted by molar-refractivity contribution is 7.94. The molecule has 0 aliphatic rings. The standard InChI is InChI=1S/C9H10N2O3S3/c1-6-3-10-9(16-6)11-17(13,14)8-2-7(4-12)5-15-8/h2-3,5,12H,4H2,1H3,(H,10,11). The first-order valence-electron chi connectivity index (χ1n) is 4.65. The number of thiophene rings is 1. The molecule has 92 valence electrons. The first-order chi connectivity index (χ1) is 8.01. The second-order valence-electron chi connectivity index (χ2n) is 3.31. The number of anilines is 1. The predicted molar refractivity (Wildman–Crippen MR) is 67.9 cm³/mol. The van der Waals surface area contributed by atoms with E-state index in [0.29, 0.717) is 10.7 Å². The number of thiazole rings is 1. The fraction of sp³-hybridized carbons (Fsp3) is 0.222. The number of nitrogens with zero attached hydrogens (tertiary/aromatic N) is 1. The van der Waals surface area contributed by atoms with E-state index < -0.39 is 10.0 Å². The summed E-state index contributed by atoms with van der Waals surface area (Å²) in [7, 11) is -3.58. The number of aliphatic hydroxyl groups excluding tert-OH is 1. The third-order valence-electron chi connectivity index (χ3n) is 1.92. The summed E-state index contributed by atoms with van der Waals surface area (Å²) in [4.78, 5) is 4.87. The van der Waals surface area contributed by atoms with Crippen LogP contribution >= 0.6 is 22.7 Å². The van der Waals surface area contributed by atoms with Crippen LogP contribution in [-0.2, 0) is 16.6 Å². The molecule has 0 amide bonds. The largest absolute Gasteiger partial charge is 0.392 e. The maximum absolute atomic E-state index is 11.9. The molecular weight excluding hydrogens is 280 g/mol. The molecule has 0 atom stereocenters. The molecule has 2 rings (SSSR count). The maximum atomic E-state index is 11.9. The van der Waals surface area contributed by atoms with Gasteiger partial charge in [-0.3, -0.25) is 4.72 Å². The number of hydrogen-bond acceptors (Lipinski definition) is 6. The van der Waals surface area contributed by atoms with E-state index in [1.807, 2.05) is 6.92 Å². The minimum atomic E-state index is -3.58. The van der Waals surface area contributed by atoms with E-state index in [0.717, 1.165) is 16.2 Å². The molecule has 0 saturated carbocycles. The lowest BCUT2D eigenvalue weighted by Crippen LogP contribution is -2.11. The van der Waals surface area contributed by atoms with Gasteiger partial charge < -0.3 is 5.11 Å². The molecule has 2 N–H and O–H groups in total. The Hall–Kier alpha value is -0.960. The number of aliphatic hydroxyl groups is 1. The summed E-state index contributed by atoms with van der Waals surface area (Å²) in [6.45, 7) is 1.69. The van der Waals surface area contributed by atoms with Gasteiger partial charge in [0.1, 0.15) is 4.21 Å². The van der Waals surface area contributed by atoms with Crippen LogP contribution in [0.4, 0.5) is 5.13 Å². The van der Waals surface area contributed by atoms with Crippen molar-refractivity contribution in [3.05, 3.63) is 28.1 Å². The normalized spacial score (nSPS) is 11.6. The van der Waals surface area contributed by atoms with E-state index in [1.165, 1.54) is 17.4 Å². The molecule has 0 aliphatic carbocycles. The van der Waals surface area contributed by atoms with Crippen molar-refractivity contribution >= 4 is 37.8 Å². The molecule has 17 heavy (non-hydrogen) atoms. The molecule has 0 aromatic carbocycles. The lowest BCUT2D eigenvalue weighted by molar-refractivity contribution is 0.282. The first kappa shape index (κ1) is 12.5. The third kappa shape index (κ3) is 2.83. The van der Waals surface area contributed by atoms with Crippen LogP contribution in [-0.4, -0.2) is 18.5 Å². The Balaban J connectivity index is 2.24. The Kier molecular flexibility index (Phi) is 3.48. The van der Waals surface area contributed by atoms with Crippen LogP contribution in [0.2, 0.25) is 0 Å². The van der Waals surface area contributed by atoms with Crippen LogP contribution in [0, 0.1) is 6.92 Å². The first-order valence-corrected chi connectivity index (χ1v) is 7.83. The molecule has 2 aromatic rings. The SMILES string of the molecule is Cc1cnc(NS(=O)(=O)c2cc(CO)cs2)s1. The summed E-state index contributed by atoms with van der Waals surface area (Å²) in [5.74, 6) is 0. The summed E-state index contributed by atoms with van der Waals surface area (Å²) >= 11 is 2.35. The van der Waals surface area contributed by atoms with Crippen LogP contribution in [0.25, 0.3) is 0 Å². The van der Waals surface area contributed by atoms with Gasteiger partial charge in [-0.15, -0.1) is 22.7 Å². The third-order valence-corrected chi connectivity index (χ3v) is 5.70. The Bertz CT molecular complexity index is 615. The fourth-order valence-corrected chi connectivity index (χ4v) is 4.25. The second-order valence-corrected chi connectivity index (χ2v) is 7.37. The monoisotopic (exact) mass is 290 g/mol. The Morgan fingerprint density at radius 3 is 2.82 bits per heavy atom. The van der Waals surface area contributed by atoms with Crippen molar-refractivity contribution in [2.45, 2.75) is 17.7 Å². The lowest BCUT2D eigenvalue weighted by atomic mass is 10.4. The summed E-state index contributed by atoms with van der Waals surface area (Å²) in [5.41, 5.74) is 0.589. The molecule has 0 bridgehead atoms. The van der Waals surface area contributed by atoms with Gasteiger partial charge in [-0.2, -0.15) is 0 Å². The molecule has 0 radical (unpaired) electrons. The van der Waals surface area contributed by atoms with E-state index in [9.17, 15) is 8.42 Å². The zero-order valence-corrected chi connectivity index (χ0v) is 11.3. The number of hydrogen-bond donors (Lipinski definition) is 2. The highest BCUT2D eigenvalue weighted by Gasteiger charge is 2.18. The van der Waals surface area contributed by atoms with Crippen LogP contribution in [0.1, 0.15) is 10.4 Å². The molecule has 2 aromatic heterocycles. The predicted octanol–water partition coefficient (Wildman–Crippen LogP) is 1.81. The average molecular weight is 290 g/mol. The summed E-state index contributed by atoms with van der Waals surface area (Å²) in [6.07, 6.45) is 1.61. The van der Waals surface area contributed by atoms with Crippen LogP contribution in [0.5, 0.6) is 0 Å². The Labute approximate surface area is 107 Å². The number of rotatable bonds is 4. The highest BCUT2D eigenvalue weighted by atomic mass is 32.2. The smallest absolute Gasteiger partial charge is 0.273 e. The molecule has 0 fully saturated rings.